The molecular formula is C38H41NO2. The largest absolute Gasteiger partial charge is 0.494 e. The zero-order valence-corrected chi connectivity index (χ0v) is 24.5. The fourth-order valence-electron chi connectivity index (χ4n) is 4.49. The van der Waals surface area contributed by atoms with Gasteiger partial charge >= 0.3 is 0 Å². The molecule has 0 aliphatic carbocycles. The molecule has 0 aliphatic rings. The first-order chi connectivity index (χ1) is 20.3. The molecule has 0 amide bonds. The van der Waals surface area contributed by atoms with Crippen molar-refractivity contribution < 1.29 is 9.47 Å². The van der Waals surface area contributed by atoms with Crippen molar-refractivity contribution in [3.8, 4) is 40.9 Å². The first-order valence-electron chi connectivity index (χ1n) is 15.0. The molecule has 1 aromatic heterocycles. The summed E-state index contributed by atoms with van der Waals surface area (Å²) in [5.41, 5.74) is 4.74. The van der Waals surface area contributed by atoms with Crippen molar-refractivity contribution in [1.29, 1.82) is 0 Å². The van der Waals surface area contributed by atoms with Gasteiger partial charge in [-0.15, -0.1) is 0 Å². The first-order valence-corrected chi connectivity index (χ1v) is 15.0. The first kappa shape index (κ1) is 29.6. The monoisotopic (exact) mass is 543 g/mol. The topological polar surface area (TPSA) is 23.4 Å². The SMILES string of the molecule is CCCCCCOc1ccc(C#Cc2cccc(C#Cc3ccc(OCCCCCC)cc3)c2-n2cccc2)cc1. The van der Waals surface area contributed by atoms with Crippen molar-refractivity contribution in [2.45, 2.75) is 65.2 Å². The summed E-state index contributed by atoms with van der Waals surface area (Å²) >= 11 is 0. The van der Waals surface area contributed by atoms with Crippen LogP contribution < -0.4 is 9.47 Å². The van der Waals surface area contributed by atoms with Crippen LogP contribution in [-0.4, -0.2) is 17.8 Å². The number of hydrogen-bond acceptors (Lipinski definition) is 2. The highest BCUT2D eigenvalue weighted by Crippen LogP contribution is 2.20. The van der Waals surface area contributed by atoms with E-state index >= 15 is 0 Å². The molecule has 0 spiro atoms. The van der Waals surface area contributed by atoms with Gasteiger partial charge in [-0.3, -0.25) is 0 Å². The lowest BCUT2D eigenvalue weighted by Gasteiger charge is -2.09. The Balaban J connectivity index is 1.47. The fraction of sp³-hybridized carbons (Fsp3) is 0.316. The molecule has 4 aromatic rings. The van der Waals surface area contributed by atoms with Gasteiger partial charge in [-0.2, -0.15) is 0 Å². The summed E-state index contributed by atoms with van der Waals surface area (Å²) in [6, 6.07) is 26.2. The second kappa shape index (κ2) is 16.7. The van der Waals surface area contributed by atoms with Crippen LogP contribution in [0.15, 0.2) is 91.3 Å². The number of hydrogen-bond donors (Lipinski definition) is 0. The lowest BCUT2D eigenvalue weighted by molar-refractivity contribution is 0.305. The molecule has 3 heteroatoms. The Hall–Kier alpha value is -4.34. The van der Waals surface area contributed by atoms with E-state index in [1.165, 1.54) is 38.5 Å². The Morgan fingerprint density at radius 1 is 0.512 bits per heavy atom. The smallest absolute Gasteiger partial charge is 0.119 e. The predicted molar refractivity (Wildman–Crippen MR) is 170 cm³/mol. The molecule has 1 heterocycles. The van der Waals surface area contributed by atoms with E-state index in [-0.39, 0.29) is 0 Å². The average Bonchev–Trinajstić information content (AvgIpc) is 3.55. The second-order valence-corrected chi connectivity index (χ2v) is 10.2. The van der Waals surface area contributed by atoms with Crippen molar-refractivity contribution in [1.82, 2.24) is 4.57 Å². The van der Waals surface area contributed by atoms with Crippen LogP contribution in [0.4, 0.5) is 0 Å². The lowest BCUT2D eigenvalue weighted by atomic mass is 10.1. The molecule has 0 atom stereocenters. The normalized spacial score (nSPS) is 10.3. The second-order valence-electron chi connectivity index (χ2n) is 10.2. The molecule has 4 rings (SSSR count). The molecule has 41 heavy (non-hydrogen) atoms. The maximum atomic E-state index is 5.88. The van der Waals surface area contributed by atoms with Gasteiger partial charge in [0.25, 0.3) is 0 Å². The van der Waals surface area contributed by atoms with Gasteiger partial charge in [-0.1, -0.05) is 82.1 Å². The van der Waals surface area contributed by atoms with E-state index in [1.54, 1.807) is 0 Å². The summed E-state index contributed by atoms with van der Waals surface area (Å²) in [5, 5.41) is 0. The molecule has 0 saturated heterocycles. The molecule has 0 fully saturated rings. The highest BCUT2D eigenvalue weighted by atomic mass is 16.5. The minimum Gasteiger partial charge on any atom is -0.494 e. The summed E-state index contributed by atoms with van der Waals surface area (Å²) in [5.74, 6) is 15.2. The Bertz CT molecular complexity index is 1350. The van der Waals surface area contributed by atoms with Crippen molar-refractivity contribution in [3.05, 3.63) is 114 Å². The van der Waals surface area contributed by atoms with Crippen LogP contribution in [0.1, 0.15) is 87.5 Å². The molecular weight excluding hydrogens is 502 g/mol. The molecule has 0 N–H and O–H groups in total. The Kier molecular flexibility index (Phi) is 12.1. The van der Waals surface area contributed by atoms with Crippen LogP contribution in [-0.2, 0) is 0 Å². The standard InChI is InChI=1S/C38H41NO2/c1-3-5-7-11-30-40-36-24-18-32(19-25-36)16-22-34-14-13-15-35(38(34)39-28-9-10-29-39)23-17-33-20-26-37(27-21-33)41-31-12-8-6-4-2/h9-10,13-15,18-21,24-29H,3-8,11-12,30-31H2,1-2H3. The fourth-order valence-corrected chi connectivity index (χ4v) is 4.49. The number of benzene rings is 3. The van der Waals surface area contributed by atoms with Gasteiger partial charge < -0.3 is 14.0 Å². The van der Waals surface area contributed by atoms with Crippen molar-refractivity contribution in [2.75, 3.05) is 13.2 Å². The van der Waals surface area contributed by atoms with E-state index in [9.17, 15) is 0 Å². The molecule has 0 saturated carbocycles. The number of para-hydroxylation sites is 1. The molecule has 0 unspecified atom stereocenters. The van der Waals surface area contributed by atoms with Crippen LogP contribution in [0.3, 0.4) is 0 Å². The highest BCUT2D eigenvalue weighted by molar-refractivity contribution is 5.63. The summed E-state index contributed by atoms with van der Waals surface area (Å²) in [6.45, 7) is 5.96. The minimum atomic E-state index is 0.760. The van der Waals surface area contributed by atoms with Gasteiger partial charge in [0.15, 0.2) is 0 Å². The van der Waals surface area contributed by atoms with E-state index < -0.39 is 0 Å². The molecule has 0 bridgehead atoms. The third kappa shape index (κ3) is 9.66. The quantitative estimate of drug-likeness (QED) is 0.124. The molecule has 3 nitrogen and oxygen atoms in total. The van der Waals surface area contributed by atoms with Crippen LogP contribution in [0.2, 0.25) is 0 Å². The zero-order valence-electron chi connectivity index (χ0n) is 24.5. The lowest BCUT2D eigenvalue weighted by Crippen LogP contribution is -1.98. The number of unbranched alkanes of at least 4 members (excludes halogenated alkanes) is 6. The van der Waals surface area contributed by atoms with Crippen LogP contribution >= 0.6 is 0 Å². The number of aromatic nitrogens is 1. The third-order valence-corrected chi connectivity index (χ3v) is 6.82. The third-order valence-electron chi connectivity index (χ3n) is 6.82. The van der Waals surface area contributed by atoms with Gasteiger partial charge in [-0.25, -0.2) is 0 Å². The van der Waals surface area contributed by atoms with Gasteiger partial charge in [0.05, 0.1) is 30.0 Å². The Morgan fingerprint density at radius 3 is 1.41 bits per heavy atom. The van der Waals surface area contributed by atoms with E-state index in [1.807, 2.05) is 91.3 Å². The van der Waals surface area contributed by atoms with E-state index in [0.717, 1.165) is 65.5 Å². The number of ether oxygens (including phenoxy) is 2. The van der Waals surface area contributed by atoms with Crippen LogP contribution in [0, 0.1) is 23.7 Å². The van der Waals surface area contributed by atoms with E-state index in [4.69, 9.17) is 9.47 Å². The van der Waals surface area contributed by atoms with Crippen LogP contribution in [0.25, 0.3) is 5.69 Å². The van der Waals surface area contributed by atoms with E-state index in [0.29, 0.717) is 0 Å². The Labute approximate surface area is 246 Å². The molecule has 210 valence electrons. The highest BCUT2D eigenvalue weighted by Gasteiger charge is 2.07. The maximum Gasteiger partial charge on any atom is 0.119 e. The maximum absolute atomic E-state index is 5.88. The van der Waals surface area contributed by atoms with Crippen molar-refractivity contribution >= 4 is 0 Å². The van der Waals surface area contributed by atoms with Gasteiger partial charge in [0.1, 0.15) is 11.5 Å². The molecule has 0 aliphatic heterocycles. The van der Waals surface area contributed by atoms with Gasteiger partial charge in [0.2, 0.25) is 0 Å². The van der Waals surface area contributed by atoms with Crippen LogP contribution in [0.5, 0.6) is 11.5 Å². The molecule has 0 radical (unpaired) electrons. The van der Waals surface area contributed by atoms with Gasteiger partial charge in [0, 0.05) is 23.5 Å². The number of rotatable bonds is 13. The Morgan fingerprint density at radius 2 is 0.976 bits per heavy atom. The summed E-state index contributed by atoms with van der Waals surface area (Å²) in [4.78, 5) is 0. The summed E-state index contributed by atoms with van der Waals surface area (Å²) < 4.78 is 13.8. The van der Waals surface area contributed by atoms with E-state index in [2.05, 4.69) is 42.1 Å². The average molecular weight is 544 g/mol. The minimum absolute atomic E-state index is 0.760. The zero-order chi connectivity index (χ0) is 28.5. The van der Waals surface area contributed by atoms with Gasteiger partial charge in [-0.05, 0) is 85.6 Å². The van der Waals surface area contributed by atoms with Crippen molar-refractivity contribution in [2.24, 2.45) is 0 Å². The summed E-state index contributed by atoms with van der Waals surface area (Å²) in [6.07, 6.45) is 13.7. The number of nitrogens with zero attached hydrogens (tertiary/aromatic N) is 1. The predicted octanol–water partition coefficient (Wildman–Crippen LogP) is 9.20. The summed E-state index contributed by atoms with van der Waals surface area (Å²) in [7, 11) is 0. The molecule has 3 aromatic carbocycles. The van der Waals surface area contributed by atoms with Crippen molar-refractivity contribution in [3.63, 3.8) is 0 Å².